The van der Waals surface area contributed by atoms with Gasteiger partial charge < -0.3 is 5.11 Å². The average Bonchev–Trinajstić information content (AvgIpc) is 2.19. The first-order chi connectivity index (χ1) is 7.11. The van der Waals surface area contributed by atoms with E-state index in [0.29, 0.717) is 10.6 Å². The molecule has 0 radical (unpaired) electrons. The summed E-state index contributed by atoms with van der Waals surface area (Å²) in [5, 5.41) is 19.7. The molecule has 0 aliphatic carbocycles. The minimum absolute atomic E-state index is 0.166. The first-order valence-electron chi connectivity index (χ1n) is 4.60. The van der Waals surface area contributed by atoms with E-state index in [1.807, 2.05) is 12.1 Å². The lowest BCUT2D eigenvalue weighted by atomic mass is 9.95. The zero-order valence-electron chi connectivity index (χ0n) is 8.27. The largest absolute Gasteiger partial charge is 0.493 e. The Labute approximate surface area is 87.0 Å². The molecule has 1 heterocycles. The zero-order chi connectivity index (χ0) is 11.0. The SMILES string of the molecule is CC(=O)C1=C(O)N(O)Cc2ccccc21. The number of aliphatic hydroxyl groups excluding tert-OH is 1. The van der Waals surface area contributed by atoms with Crippen LogP contribution in [0, 0.1) is 0 Å². The molecular formula is C11H11NO3. The van der Waals surface area contributed by atoms with Crippen LogP contribution in [0.2, 0.25) is 0 Å². The first-order valence-corrected chi connectivity index (χ1v) is 4.60. The third-order valence-corrected chi connectivity index (χ3v) is 2.43. The molecule has 0 unspecified atom stereocenters. The third-order valence-electron chi connectivity index (χ3n) is 2.43. The Morgan fingerprint density at radius 1 is 1.40 bits per heavy atom. The molecule has 0 bridgehead atoms. The van der Waals surface area contributed by atoms with E-state index < -0.39 is 0 Å². The fourth-order valence-corrected chi connectivity index (χ4v) is 1.73. The quantitative estimate of drug-likeness (QED) is 0.732. The van der Waals surface area contributed by atoms with Gasteiger partial charge in [-0.2, -0.15) is 0 Å². The van der Waals surface area contributed by atoms with Crippen LogP contribution in [-0.2, 0) is 11.3 Å². The number of fused-ring (bicyclic) bond motifs is 1. The molecule has 78 valence electrons. The molecule has 2 rings (SSSR count). The highest BCUT2D eigenvalue weighted by Gasteiger charge is 2.25. The number of rotatable bonds is 1. The predicted molar refractivity (Wildman–Crippen MR) is 54.0 cm³/mol. The molecule has 0 amide bonds. The molecule has 2 N–H and O–H groups in total. The lowest BCUT2D eigenvalue weighted by Crippen LogP contribution is -2.26. The molecule has 0 aromatic heterocycles. The van der Waals surface area contributed by atoms with Crippen molar-refractivity contribution in [3.8, 4) is 0 Å². The summed E-state index contributed by atoms with van der Waals surface area (Å²) in [5.74, 6) is -0.639. The van der Waals surface area contributed by atoms with Crippen molar-refractivity contribution in [2.24, 2.45) is 0 Å². The van der Waals surface area contributed by atoms with E-state index in [0.717, 1.165) is 5.56 Å². The summed E-state index contributed by atoms with van der Waals surface area (Å²) >= 11 is 0. The van der Waals surface area contributed by atoms with Gasteiger partial charge in [0.25, 0.3) is 0 Å². The lowest BCUT2D eigenvalue weighted by Gasteiger charge is -2.25. The third kappa shape index (κ3) is 1.49. The normalized spacial score (nSPS) is 15.2. The van der Waals surface area contributed by atoms with Crippen LogP contribution in [0.5, 0.6) is 0 Å². The average molecular weight is 205 g/mol. The Balaban J connectivity index is 2.65. The van der Waals surface area contributed by atoms with Gasteiger partial charge in [-0.05, 0) is 18.1 Å². The van der Waals surface area contributed by atoms with Gasteiger partial charge in [-0.1, -0.05) is 24.3 Å². The molecule has 1 aliphatic rings. The summed E-state index contributed by atoms with van der Waals surface area (Å²) in [6.07, 6.45) is 0. The van der Waals surface area contributed by atoms with Crippen molar-refractivity contribution in [3.63, 3.8) is 0 Å². The van der Waals surface area contributed by atoms with Crippen LogP contribution >= 0.6 is 0 Å². The number of aliphatic hydroxyl groups is 1. The Bertz CT molecular complexity index is 451. The van der Waals surface area contributed by atoms with Crippen LogP contribution in [0.25, 0.3) is 5.57 Å². The van der Waals surface area contributed by atoms with Gasteiger partial charge in [0.2, 0.25) is 5.88 Å². The molecule has 0 fully saturated rings. The molecule has 1 aromatic carbocycles. The predicted octanol–water partition coefficient (Wildman–Crippen LogP) is 1.71. The molecule has 0 saturated heterocycles. The monoisotopic (exact) mass is 205 g/mol. The van der Waals surface area contributed by atoms with Crippen LogP contribution in [0.1, 0.15) is 18.1 Å². The van der Waals surface area contributed by atoms with Crippen molar-refractivity contribution in [2.45, 2.75) is 13.5 Å². The summed E-state index contributed by atoms with van der Waals surface area (Å²) in [7, 11) is 0. The van der Waals surface area contributed by atoms with Crippen molar-refractivity contribution in [1.82, 2.24) is 5.06 Å². The van der Waals surface area contributed by atoms with E-state index in [9.17, 15) is 15.1 Å². The minimum Gasteiger partial charge on any atom is -0.493 e. The number of ketones is 1. The van der Waals surface area contributed by atoms with Crippen molar-refractivity contribution < 1.29 is 15.1 Å². The Hall–Kier alpha value is -1.81. The second-order valence-electron chi connectivity index (χ2n) is 3.47. The van der Waals surface area contributed by atoms with E-state index in [-0.39, 0.29) is 23.8 Å². The number of hydrogen-bond acceptors (Lipinski definition) is 4. The van der Waals surface area contributed by atoms with Crippen LogP contribution < -0.4 is 0 Å². The highest BCUT2D eigenvalue weighted by molar-refractivity contribution is 6.20. The number of allylic oxidation sites excluding steroid dienone is 1. The topological polar surface area (TPSA) is 60.8 Å². The number of nitrogens with zero attached hydrogens (tertiary/aromatic N) is 1. The smallest absolute Gasteiger partial charge is 0.223 e. The van der Waals surface area contributed by atoms with Crippen molar-refractivity contribution in [3.05, 3.63) is 41.3 Å². The van der Waals surface area contributed by atoms with Crippen LogP contribution in [-0.4, -0.2) is 21.2 Å². The van der Waals surface area contributed by atoms with Gasteiger partial charge >= 0.3 is 0 Å². The van der Waals surface area contributed by atoms with Crippen molar-refractivity contribution in [2.75, 3.05) is 0 Å². The van der Waals surface area contributed by atoms with Crippen LogP contribution in [0.15, 0.2) is 30.1 Å². The van der Waals surface area contributed by atoms with Gasteiger partial charge in [0, 0.05) is 0 Å². The molecule has 0 atom stereocenters. The lowest BCUT2D eigenvalue weighted by molar-refractivity contribution is -0.115. The fraction of sp³-hybridized carbons (Fsp3) is 0.182. The molecule has 0 saturated carbocycles. The fourth-order valence-electron chi connectivity index (χ4n) is 1.73. The van der Waals surface area contributed by atoms with Gasteiger partial charge in [-0.15, -0.1) is 0 Å². The van der Waals surface area contributed by atoms with Gasteiger partial charge in [0.1, 0.15) is 0 Å². The summed E-state index contributed by atoms with van der Waals surface area (Å²) in [6.45, 7) is 1.56. The molecule has 4 nitrogen and oxygen atoms in total. The Kier molecular flexibility index (Phi) is 2.21. The maximum atomic E-state index is 11.4. The van der Waals surface area contributed by atoms with Crippen LogP contribution in [0.3, 0.4) is 0 Å². The summed E-state index contributed by atoms with van der Waals surface area (Å²) in [6, 6.07) is 7.19. The first kappa shape index (κ1) is 9.73. The van der Waals surface area contributed by atoms with Crippen molar-refractivity contribution in [1.29, 1.82) is 0 Å². The Morgan fingerprint density at radius 3 is 2.73 bits per heavy atom. The number of carbonyl (C=O) groups is 1. The molecule has 0 spiro atoms. The Morgan fingerprint density at radius 2 is 2.07 bits per heavy atom. The van der Waals surface area contributed by atoms with Crippen LogP contribution in [0.4, 0.5) is 0 Å². The van der Waals surface area contributed by atoms with E-state index in [2.05, 4.69) is 0 Å². The highest BCUT2D eigenvalue weighted by atomic mass is 16.5. The van der Waals surface area contributed by atoms with Crippen molar-refractivity contribution >= 4 is 11.4 Å². The molecule has 1 aliphatic heterocycles. The number of hydroxylamine groups is 2. The highest BCUT2D eigenvalue weighted by Crippen LogP contribution is 2.29. The summed E-state index contributed by atoms with van der Waals surface area (Å²) in [5.41, 5.74) is 1.68. The number of benzene rings is 1. The number of Topliss-reactive ketones (excluding diaryl/α,β-unsaturated/α-hetero) is 1. The van der Waals surface area contributed by atoms with Gasteiger partial charge in [-0.3, -0.25) is 10.0 Å². The standard InChI is InChI=1S/C11H11NO3/c1-7(13)10-9-5-3-2-4-8(9)6-12(15)11(10)14/h2-5,14-15H,6H2,1H3. The summed E-state index contributed by atoms with van der Waals surface area (Å²) < 4.78 is 0. The van der Waals surface area contributed by atoms with E-state index >= 15 is 0 Å². The molecule has 1 aromatic rings. The minimum atomic E-state index is -0.374. The number of hydrogen-bond donors (Lipinski definition) is 2. The molecule has 15 heavy (non-hydrogen) atoms. The second kappa shape index (κ2) is 3.40. The van der Waals surface area contributed by atoms with E-state index in [4.69, 9.17) is 0 Å². The number of carbonyl (C=O) groups excluding carboxylic acids is 1. The molecular weight excluding hydrogens is 194 g/mol. The van der Waals surface area contributed by atoms with Gasteiger partial charge in [0.05, 0.1) is 12.1 Å². The van der Waals surface area contributed by atoms with E-state index in [1.54, 1.807) is 12.1 Å². The maximum Gasteiger partial charge on any atom is 0.223 e. The summed E-state index contributed by atoms with van der Waals surface area (Å²) in [4.78, 5) is 11.4. The van der Waals surface area contributed by atoms with Gasteiger partial charge in [-0.25, -0.2) is 5.06 Å². The molecule has 4 heteroatoms. The second-order valence-corrected chi connectivity index (χ2v) is 3.47. The van der Waals surface area contributed by atoms with E-state index in [1.165, 1.54) is 6.92 Å². The maximum absolute atomic E-state index is 11.4. The van der Waals surface area contributed by atoms with Gasteiger partial charge in [0.15, 0.2) is 5.78 Å². The zero-order valence-corrected chi connectivity index (χ0v) is 8.27.